The number of hydrogen-bond donors (Lipinski definition) is 0. The predicted molar refractivity (Wildman–Crippen MR) is 87.4 cm³/mol. The van der Waals surface area contributed by atoms with Gasteiger partial charge in [-0.15, -0.1) is 0 Å². The molecule has 7 heteroatoms. The summed E-state index contributed by atoms with van der Waals surface area (Å²) in [6, 6.07) is -0.189. The van der Waals surface area contributed by atoms with Crippen LogP contribution in [0, 0.1) is 5.92 Å². The second-order valence-corrected chi connectivity index (χ2v) is 7.19. The van der Waals surface area contributed by atoms with Crippen molar-refractivity contribution in [2.45, 2.75) is 51.0 Å². The molecule has 2 heterocycles. The number of piperidine rings is 1. The molecule has 4 amide bonds. The lowest BCUT2D eigenvalue weighted by atomic mass is 9.86. The van der Waals surface area contributed by atoms with Crippen LogP contribution in [0.5, 0.6) is 0 Å². The van der Waals surface area contributed by atoms with Crippen LogP contribution < -0.4 is 0 Å². The molecule has 0 radical (unpaired) electrons. The number of rotatable bonds is 5. The SMILES string of the molecule is CCCCOC(=O)N1CCC2(CC1)C(=O)N(C)C(=O)N2CC1CC1. The first-order chi connectivity index (χ1) is 11.5. The first-order valence-electron chi connectivity index (χ1n) is 9.01. The lowest BCUT2D eigenvalue weighted by Crippen LogP contribution is -2.57. The average molecular weight is 337 g/mol. The van der Waals surface area contributed by atoms with Crippen molar-refractivity contribution < 1.29 is 19.1 Å². The van der Waals surface area contributed by atoms with Crippen LogP contribution in [0.15, 0.2) is 0 Å². The maximum Gasteiger partial charge on any atom is 0.409 e. The monoisotopic (exact) mass is 337 g/mol. The summed E-state index contributed by atoms with van der Waals surface area (Å²) in [5.41, 5.74) is -0.755. The van der Waals surface area contributed by atoms with Crippen LogP contribution in [0.1, 0.15) is 45.4 Å². The van der Waals surface area contributed by atoms with Gasteiger partial charge >= 0.3 is 12.1 Å². The third-order valence-electron chi connectivity index (χ3n) is 5.45. The summed E-state index contributed by atoms with van der Waals surface area (Å²) in [7, 11) is 1.56. The molecule has 3 fully saturated rings. The van der Waals surface area contributed by atoms with E-state index in [0.29, 0.717) is 45.0 Å². The minimum atomic E-state index is -0.755. The third-order valence-corrected chi connectivity index (χ3v) is 5.45. The van der Waals surface area contributed by atoms with Gasteiger partial charge in [0.1, 0.15) is 5.54 Å². The zero-order chi connectivity index (χ0) is 17.3. The van der Waals surface area contributed by atoms with E-state index in [9.17, 15) is 14.4 Å². The molecule has 3 aliphatic rings. The molecule has 1 aliphatic carbocycles. The maximum absolute atomic E-state index is 12.7. The molecule has 0 bridgehead atoms. The Balaban J connectivity index is 1.64. The number of carbonyl (C=O) groups excluding carboxylic acids is 3. The molecule has 2 aliphatic heterocycles. The maximum atomic E-state index is 12.7. The molecule has 1 saturated carbocycles. The van der Waals surface area contributed by atoms with Crippen LogP contribution in [-0.4, -0.2) is 71.6 Å². The fourth-order valence-electron chi connectivity index (χ4n) is 3.63. The van der Waals surface area contributed by atoms with Crippen molar-refractivity contribution in [1.82, 2.24) is 14.7 Å². The van der Waals surface area contributed by atoms with Gasteiger partial charge < -0.3 is 14.5 Å². The number of hydrogen-bond acceptors (Lipinski definition) is 4. The van der Waals surface area contributed by atoms with E-state index >= 15 is 0 Å². The minimum Gasteiger partial charge on any atom is -0.449 e. The van der Waals surface area contributed by atoms with Gasteiger partial charge in [-0.2, -0.15) is 0 Å². The molecule has 0 aromatic heterocycles. The highest BCUT2D eigenvalue weighted by atomic mass is 16.6. The van der Waals surface area contributed by atoms with Crippen LogP contribution in [0.3, 0.4) is 0 Å². The minimum absolute atomic E-state index is 0.118. The van der Waals surface area contributed by atoms with Crippen LogP contribution >= 0.6 is 0 Å². The van der Waals surface area contributed by atoms with E-state index < -0.39 is 5.54 Å². The van der Waals surface area contributed by atoms with Crippen molar-refractivity contribution in [3.63, 3.8) is 0 Å². The van der Waals surface area contributed by atoms with E-state index in [-0.39, 0.29) is 18.0 Å². The molecule has 3 rings (SSSR count). The highest BCUT2D eigenvalue weighted by Gasteiger charge is 2.57. The second kappa shape index (κ2) is 6.61. The number of nitrogens with zero attached hydrogens (tertiary/aromatic N) is 3. The fraction of sp³-hybridized carbons (Fsp3) is 0.824. The van der Waals surface area contributed by atoms with Gasteiger partial charge in [0.25, 0.3) is 5.91 Å². The number of imide groups is 1. The molecule has 2 saturated heterocycles. The number of likely N-dealkylation sites (N-methyl/N-ethyl adjacent to an activating group) is 1. The fourth-order valence-corrected chi connectivity index (χ4v) is 3.63. The molecular weight excluding hydrogens is 310 g/mol. The lowest BCUT2D eigenvalue weighted by Gasteiger charge is -2.41. The summed E-state index contributed by atoms with van der Waals surface area (Å²) < 4.78 is 5.25. The highest BCUT2D eigenvalue weighted by Crippen LogP contribution is 2.40. The topological polar surface area (TPSA) is 70.2 Å². The van der Waals surface area contributed by atoms with Gasteiger partial charge in [0.2, 0.25) is 0 Å². The van der Waals surface area contributed by atoms with Crippen LogP contribution in [-0.2, 0) is 9.53 Å². The Morgan fingerprint density at radius 2 is 1.92 bits per heavy atom. The molecule has 0 atom stereocenters. The Labute approximate surface area is 142 Å². The zero-order valence-electron chi connectivity index (χ0n) is 14.6. The van der Waals surface area contributed by atoms with E-state index in [0.717, 1.165) is 25.7 Å². The molecule has 7 nitrogen and oxygen atoms in total. The molecule has 0 aromatic rings. The number of unbranched alkanes of at least 4 members (excludes halogenated alkanes) is 1. The number of amides is 4. The zero-order valence-corrected chi connectivity index (χ0v) is 14.6. The average Bonchev–Trinajstić information content (AvgIpc) is 3.39. The third kappa shape index (κ3) is 2.96. The summed E-state index contributed by atoms with van der Waals surface area (Å²) in [6.45, 7) is 4.06. The van der Waals surface area contributed by atoms with Gasteiger partial charge in [0.05, 0.1) is 6.61 Å². The van der Waals surface area contributed by atoms with Gasteiger partial charge in [-0.3, -0.25) is 9.69 Å². The number of carbonyl (C=O) groups is 3. The summed E-state index contributed by atoms with van der Waals surface area (Å²) >= 11 is 0. The molecule has 134 valence electrons. The van der Waals surface area contributed by atoms with E-state index in [1.165, 1.54) is 4.90 Å². The molecule has 24 heavy (non-hydrogen) atoms. The lowest BCUT2D eigenvalue weighted by molar-refractivity contribution is -0.134. The molecule has 0 N–H and O–H groups in total. The van der Waals surface area contributed by atoms with E-state index in [4.69, 9.17) is 4.74 Å². The van der Waals surface area contributed by atoms with Gasteiger partial charge in [-0.1, -0.05) is 13.3 Å². The molecule has 0 aromatic carbocycles. The van der Waals surface area contributed by atoms with Crippen molar-refractivity contribution in [1.29, 1.82) is 0 Å². The van der Waals surface area contributed by atoms with Gasteiger partial charge in [-0.05, 0) is 38.0 Å². The van der Waals surface area contributed by atoms with Gasteiger partial charge in [0.15, 0.2) is 0 Å². The van der Waals surface area contributed by atoms with Crippen molar-refractivity contribution in [3.8, 4) is 0 Å². The van der Waals surface area contributed by atoms with Crippen molar-refractivity contribution in [2.75, 3.05) is 33.3 Å². The van der Waals surface area contributed by atoms with Crippen LogP contribution in [0.2, 0.25) is 0 Å². The Morgan fingerprint density at radius 1 is 1.25 bits per heavy atom. The Hall–Kier alpha value is -1.79. The number of likely N-dealkylation sites (tertiary alicyclic amines) is 1. The normalized spacial score (nSPS) is 23.3. The Bertz CT molecular complexity index is 524. The standard InChI is InChI=1S/C17H27N3O4/c1-3-4-11-24-16(23)19-9-7-17(8-10-19)14(21)18(2)15(22)20(17)12-13-5-6-13/h13H,3-12H2,1-2H3. The van der Waals surface area contributed by atoms with Gasteiger partial charge in [0, 0.05) is 26.7 Å². The second-order valence-electron chi connectivity index (χ2n) is 7.19. The summed E-state index contributed by atoms with van der Waals surface area (Å²) in [5.74, 6) is 0.411. The van der Waals surface area contributed by atoms with E-state index in [1.54, 1.807) is 16.8 Å². The highest BCUT2D eigenvalue weighted by molar-refractivity contribution is 6.06. The smallest absolute Gasteiger partial charge is 0.409 e. The van der Waals surface area contributed by atoms with Crippen LogP contribution in [0.25, 0.3) is 0 Å². The predicted octanol–water partition coefficient (Wildman–Crippen LogP) is 2.06. The Kier molecular flexibility index (Phi) is 4.69. The van der Waals surface area contributed by atoms with Crippen LogP contribution in [0.4, 0.5) is 9.59 Å². The number of urea groups is 1. The first-order valence-corrected chi connectivity index (χ1v) is 9.01. The first kappa shape index (κ1) is 17.0. The molecular formula is C17H27N3O4. The Morgan fingerprint density at radius 3 is 2.50 bits per heavy atom. The molecule has 1 spiro atoms. The van der Waals surface area contributed by atoms with Crippen molar-refractivity contribution >= 4 is 18.0 Å². The van der Waals surface area contributed by atoms with E-state index in [2.05, 4.69) is 0 Å². The summed E-state index contributed by atoms with van der Waals surface area (Å²) in [6.07, 6.45) is 4.79. The summed E-state index contributed by atoms with van der Waals surface area (Å²) in [5, 5.41) is 0. The quantitative estimate of drug-likeness (QED) is 0.569. The van der Waals surface area contributed by atoms with Gasteiger partial charge in [-0.25, -0.2) is 9.59 Å². The van der Waals surface area contributed by atoms with Crippen molar-refractivity contribution in [3.05, 3.63) is 0 Å². The van der Waals surface area contributed by atoms with E-state index in [1.807, 2.05) is 6.92 Å². The van der Waals surface area contributed by atoms with Crippen molar-refractivity contribution in [2.24, 2.45) is 5.92 Å². The largest absolute Gasteiger partial charge is 0.449 e. The summed E-state index contributed by atoms with van der Waals surface area (Å²) in [4.78, 5) is 41.9. The molecule has 0 unspecified atom stereocenters. The number of ether oxygens (including phenoxy) is 1.